The van der Waals surface area contributed by atoms with Gasteiger partial charge in [-0.1, -0.05) is 18.5 Å². The van der Waals surface area contributed by atoms with Gasteiger partial charge < -0.3 is 14.9 Å². The van der Waals surface area contributed by atoms with Crippen LogP contribution in [-0.4, -0.2) is 48.7 Å². The van der Waals surface area contributed by atoms with Crippen molar-refractivity contribution in [3.05, 3.63) is 28.8 Å². The summed E-state index contributed by atoms with van der Waals surface area (Å²) in [5.74, 6) is 0.0239. The molecule has 4 nitrogen and oxygen atoms in total. The first-order valence-electron chi connectivity index (χ1n) is 9.03. The highest BCUT2D eigenvalue weighted by Gasteiger charge is 2.35. The first-order chi connectivity index (χ1) is 11.6. The second-order valence-electron chi connectivity index (χ2n) is 7.20. The molecule has 0 radical (unpaired) electrons. The SMILES string of the molecule is CC[C@]1(CO)CCCN(C(=O)c2ccc(N3CCCC3)c(Cl)c2)C1. The van der Waals surface area contributed by atoms with E-state index in [0.29, 0.717) is 17.1 Å². The highest BCUT2D eigenvalue weighted by molar-refractivity contribution is 6.33. The van der Waals surface area contributed by atoms with Crippen LogP contribution in [0, 0.1) is 5.41 Å². The van der Waals surface area contributed by atoms with E-state index in [4.69, 9.17) is 11.6 Å². The minimum absolute atomic E-state index is 0.0239. The third-order valence-electron chi connectivity index (χ3n) is 5.68. The van der Waals surface area contributed by atoms with Gasteiger partial charge in [-0.3, -0.25) is 4.79 Å². The number of piperidine rings is 1. The van der Waals surface area contributed by atoms with Gasteiger partial charge in [-0.25, -0.2) is 0 Å². The van der Waals surface area contributed by atoms with E-state index in [1.54, 1.807) is 6.07 Å². The lowest BCUT2D eigenvalue weighted by Gasteiger charge is -2.41. The number of aliphatic hydroxyl groups is 1. The Morgan fingerprint density at radius 2 is 2.00 bits per heavy atom. The lowest BCUT2D eigenvalue weighted by molar-refractivity contribution is 0.0252. The Bertz CT molecular complexity index is 595. The molecule has 5 heteroatoms. The third kappa shape index (κ3) is 3.40. The van der Waals surface area contributed by atoms with Gasteiger partial charge in [0.1, 0.15) is 0 Å². The number of rotatable bonds is 4. The van der Waals surface area contributed by atoms with E-state index in [9.17, 15) is 9.90 Å². The molecule has 2 aliphatic rings. The Morgan fingerprint density at radius 1 is 1.25 bits per heavy atom. The predicted molar refractivity (Wildman–Crippen MR) is 97.8 cm³/mol. The van der Waals surface area contributed by atoms with Crippen molar-refractivity contribution in [2.45, 2.75) is 39.0 Å². The lowest BCUT2D eigenvalue weighted by Crippen LogP contribution is -2.47. The number of hydrogen-bond donors (Lipinski definition) is 1. The number of anilines is 1. The molecule has 0 bridgehead atoms. The number of nitrogens with zero attached hydrogens (tertiary/aromatic N) is 2. The van der Waals surface area contributed by atoms with Crippen LogP contribution in [0.5, 0.6) is 0 Å². The van der Waals surface area contributed by atoms with Crippen LogP contribution >= 0.6 is 11.6 Å². The minimum atomic E-state index is -0.146. The van der Waals surface area contributed by atoms with Gasteiger partial charge in [0.25, 0.3) is 5.91 Å². The zero-order chi connectivity index (χ0) is 17.2. The van der Waals surface area contributed by atoms with Crippen LogP contribution in [0.3, 0.4) is 0 Å². The van der Waals surface area contributed by atoms with Crippen LogP contribution in [-0.2, 0) is 0 Å². The molecule has 3 rings (SSSR count). The van der Waals surface area contributed by atoms with Gasteiger partial charge in [-0.2, -0.15) is 0 Å². The van der Waals surface area contributed by atoms with E-state index >= 15 is 0 Å². The fraction of sp³-hybridized carbons (Fsp3) is 0.632. The van der Waals surface area contributed by atoms with Gasteiger partial charge in [-0.15, -0.1) is 0 Å². The molecule has 2 aliphatic heterocycles. The van der Waals surface area contributed by atoms with Crippen LogP contribution in [0.1, 0.15) is 49.4 Å². The largest absolute Gasteiger partial charge is 0.396 e. The number of aliphatic hydroxyl groups excluding tert-OH is 1. The summed E-state index contributed by atoms with van der Waals surface area (Å²) in [6.07, 6.45) is 5.22. The first-order valence-corrected chi connectivity index (χ1v) is 9.41. The molecule has 0 spiro atoms. The average molecular weight is 351 g/mol. The second kappa shape index (κ2) is 7.32. The van der Waals surface area contributed by atoms with E-state index in [-0.39, 0.29) is 17.9 Å². The Morgan fingerprint density at radius 3 is 2.62 bits per heavy atom. The molecule has 1 aromatic carbocycles. The topological polar surface area (TPSA) is 43.8 Å². The van der Waals surface area contributed by atoms with Crippen LogP contribution in [0.2, 0.25) is 5.02 Å². The van der Waals surface area contributed by atoms with Crippen molar-refractivity contribution in [3.8, 4) is 0 Å². The molecule has 1 aromatic rings. The molecule has 0 unspecified atom stereocenters. The lowest BCUT2D eigenvalue weighted by atomic mass is 9.78. The molecule has 2 saturated heterocycles. The maximum Gasteiger partial charge on any atom is 0.253 e. The van der Waals surface area contributed by atoms with Crippen LogP contribution in [0.15, 0.2) is 18.2 Å². The Hall–Kier alpha value is -1.26. The Labute approximate surface area is 149 Å². The van der Waals surface area contributed by atoms with E-state index in [2.05, 4.69) is 11.8 Å². The molecule has 0 saturated carbocycles. The average Bonchev–Trinajstić information content (AvgIpc) is 3.15. The quantitative estimate of drug-likeness (QED) is 0.902. The normalized spacial score (nSPS) is 24.5. The summed E-state index contributed by atoms with van der Waals surface area (Å²) >= 11 is 6.45. The molecule has 132 valence electrons. The van der Waals surface area contributed by atoms with Gasteiger partial charge in [0.05, 0.1) is 17.3 Å². The highest BCUT2D eigenvalue weighted by atomic mass is 35.5. The van der Waals surface area contributed by atoms with E-state index < -0.39 is 0 Å². The number of hydrogen-bond acceptors (Lipinski definition) is 3. The zero-order valence-corrected chi connectivity index (χ0v) is 15.2. The molecular formula is C19H27ClN2O2. The number of carbonyl (C=O) groups is 1. The zero-order valence-electron chi connectivity index (χ0n) is 14.4. The standard InChI is InChI=1S/C19H27ClN2O2/c1-2-19(14-23)8-5-11-22(13-19)18(24)15-6-7-17(16(20)12-15)21-9-3-4-10-21/h6-7,12,23H,2-5,8-11,13-14H2,1H3/t19-/m0/s1. The number of amides is 1. The molecule has 1 N–H and O–H groups in total. The monoisotopic (exact) mass is 350 g/mol. The Balaban J connectivity index is 1.76. The van der Waals surface area contributed by atoms with Crippen molar-refractivity contribution < 1.29 is 9.90 Å². The molecule has 2 heterocycles. The second-order valence-corrected chi connectivity index (χ2v) is 7.61. The van der Waals surface area contributed by atoms with Crippen molar-refractivity contribution >= 4 is 23.2 Å². The van der Waals surface area contributed by atoms with Gasteiger partial charge in [0.2, 0.25) is 0 Å². The first kappa shape index (κ1) is 17.6. The van der Waals surface area contributed by atoms with E-state index in [1.165, 1.54) is 12.8 Å². The highest BCUT2D eigenvalue weighted by Crippen LogP contribution is 2.34. The van der Waals surface area contributed by atoms with Gasteiger partial charge in [0.15, 0.2) is 0 Å². The maximum atomic E-state index is 12.9. The molecular weight excluding hydrogens is 324 g/mol. The van der Waals surface area contributed by atoms with Crippen LogP contribution in [0.4, 0.5) is 5.69 Å². The summed E-state index contributed by atoms with van der Waals surface area (Å²) in [6, 6.07) is 5.67. The fourth-order valence-corrected chi connectivity index (χ4v) is 4.25. The van der Waals surface area contributed by atoms with E-state index in [0.717, 1.165) is 44.6 Å². The van der Waals surface area contributed by atoms with Crippen molar-refractivity contribution in [3.63, 3.8) is 0 Å². The van der Waals surface area contributed by atoms with Crippen molar-refractivity contribution in [2.75, 3.05) is 37.7 Å². The number of halogens is 1. The van der Waals surface area contributed by atoms with E-state index in [1.807, 2.05) is 17.0 Å². The molecule has 0 aliphatic carbocycles. The smallest absolute Gasteiger partial charge is 0.253 e. The van der Waals surface area contributed by atoms with Crippen molar-refractivity contribution in [1.82, 2.24) is 4.90 Å². The van der Waals surface area contributed by atoms with Gasteiger partial charge in [-0.05, 0) is 50.3 Å². The summed E-state index contributed by atoms with van der Waals surface area (Å²) in [4.78, 5) is 17.0. The molecule has 1 amide bonds. The van der Waals surface area contributed by atoms with Gasteiger partial charge in [0, 0.05) is 37.2 Å². The van der Waals surface area contributed by atoms with Crippen molar-refractivity contribution in [2.24, 2.45) is 5.41 Å². The number of likely N-dealkylation sites (tertiary alicyclic amines) is 1. The number of benzene rings is 1. The predicted octanol–water partition coefficient (Wildman–Crippen LogP) is 3.56. The fourth-order valence-electron chi connectivity index (χ4n) is 3.95. The summed E-state index contributed by atoms with van der Waals surface area (Å²) in [5.41, 5.74) is 1.53. The summed E-state index contributed by atoms with van der Waals surface area (Å²) in [6.45, 7) is 5.69. The summed E-state index contributed by atoms with van der Waals surface area (Å²) < 4.78 is 0. The molecule has 1 atom stereocenters. The van der Waals surface area contributed by atoms with Crippen LogP contribution in [0.25, 0.3) is 0 Å². The molecule has 0 aromatic heterocycles. The Kier molecular flexibility index (Phi) is 5.36. The van der Waals surface area contributed by atoms with Crippen LogP contribution < -0.4 is 4.90 Å². The molecule has 2 fully saturated rings. The number of carbonyl (C=O) groups excluding carboxylic acids is 1. The summed E-state index contributed by atoms with van der Waals surface area (Å²) in [5, 5.41) is 10.4. The van der Waals surface area contributed by atoms with Gasteiger partial charge >= 0.3 is 0 Å². The summed E-state index contributed by atoms with van der Waals surface area (Å²) in [7, 11) is 0. The maximum absolute atomic E-state index is 12.9. The third-order valence-corrected chi connectivity index (χ3v) is 5.98. The molecule has 24 heavy (non-hydrogen) atoms. The van der Waals surface area contributed by atoms with Crippen molar-refractivity contribution in [1.29, 1.82) is 0 Å². The minimum Gasteiger partial charge on any atom is -0.396 e.